The minimum Gasteiger partial charge on any atom is -0.465 e. The van der Waals surface area contributed by atoms with Crippen molar-refractivity contribution in [1.29, 1.82) is 0 Å². The van der Waals surface area contributed by atoms with Crippen LogP contribution in [0.1, 0.15) is 22.3 Å². The van der Waals surface area contributed by atoms with Gasteiger partial charge < -0.3 is 15.4 Å². The second-order valence-corrected chi connectivity index (χ2v) is 6.31. The van der Waals surface area contributed by atoms with E-state index >= 15 is 0 Å². The lowest BCUT2D eigenvalue weighted by Crippen LogP contribution is -2.20. The lowest BCUT2D eigenvalue weighted by atomic mass is 10.2. The van der Waals surface area contributed by atoms with E-state index in [9.17, 15) is 14.4 Å². The first-order valence-corrected chi connectivity index (χ1v) is 8.35. The number of hydrogen-bond acceptors (Lipinski definition) is 4. The Labute approximate surface area is 151 Å². The highest BCUT2D eigenvalue weighted by Gasteiger charge is 2.48. The van der Waals surface area contributed by atoms with Gasteiger partial charge in [0.15, 0.2) is 0 Å². The van der Waals surface area contributed by atoms with E-state index in [-0.39, 0.29) is 23.7 Å². The van der Waals surface area contributed by atoms with E-state index in [1.807, 2.05) is 31.2 Å². The van der Waals surface area contributed by atoms with Crippen LogP contribution in [0.25, 0.3) is 0 Å². The van der Waals surface area contributed by atoms with Crippen molar-refractivity contribution in [3.05, 3.63) is 59.7 Å². The molecule has 26 heavy (non-hydrogen) atoms. The molecule has 0 aromatic heterocycles. The number of carbonyl (C=O) groups excluding carboxylic acids is 3. The monoisotopic (exact) mass is 352 g/mol. The molecule has 2 unspecified atom stereocenters. The summed E-state index contributed by atoms with van der Waals surface area (Å²) in [5, 5.41) is 5.65. The van der Waals surface area contributed by atoms with Crippen molar-refractivity contribution in [3.63, 3.8) is 0 Å². The van der Waals surface area contributed by atoms with Crippen LogP contribution in [0.3, 0.4) is 0 Å². The highest BCUT2D eigenvalue weighted by Crippen LogP contribution is 2.40. The van der Waals surface area contributed by atoms with Crippen molar-refractivity contribution >= 4 is 29.2 Å². The number of anilines is 2. The zero-order valence-electron chi connectivity index (χ0n) is 14.6. The Balaban J connectivity index is 1.55. The maximum Gasteiger partial charge on any atom is 0.337 e. The first-order valence-electron chi connectivity index (χ1n) is 8.35. The average molecular weight is 352 g/mol. The van der Waals surface area contributed by atoms with Crippen molar-refractivity contribution in [2.24, 2.45) is 11.8 Å². The number of para-hydroxylation sites is 1. The fourth-order valence-corrected chi connectivity index (χ4v) is 2.76. The largest absolute Gasteiger partial charge is 0.465 e. The molecule has 0 bridgehead atoms. The van der Waals surface area contributed by atoms with Gasteiger partial charge in [0.25, 0.3) is 0 Å². The molecular formula is C20H20N2O4. The van der Waals surface area contributed by atoms with Crippen molar-refractivity contribution in [3.8, 4) is 0 Å². The zero-order valence-corrected chi connectivity index (χ0v) is 14.6. The van der Waals surface area contributed by atoms with Crippen LogP contribution in [0.5, 0.6) is 0 Å². The first kappa shape index (κ1) is 17.7. The summed E-state index contributed by atoms with van der Waals surface area (Å²) in [6.07, 6.45) is 0.532. The van der Waals surface area contributed by atoms with Gasteiger partial charge in [-0.1, -0.05) is 18.2 Å². The molecule has 0 spiro atoms. The Morgan fingerprint density at radius 1 is 0.923 bits per heavy atom. The van der Waals surface area contributed by atoms with Gasteiger partial charge in [-0.2, -0.15) is 0 Å². The summed E-state index contributed by atoms with van der Waals surface area (Å²) in [6.45, 7) is 1.92. The number of amides is 2. The molecule has 1 fully saturated rings. The number of aryl methyl sites for hydroxylation is 1. The fraction of sp³-hybridized carbons (Fsp3) is 0.250. The van der Waals surface area contributed by atoms with E-state index in [1.165, 1.54) is 7.11 Å². The van der Waals surface area contributed by atoms with Gasteiger partial charge in [-0.3, -0.25) is 9.59 Å². The predicted molar refractivity (Wildman–Crippen MR) is 97.8 cm³/mol. The molecule has 2 N–H and O–H groups in total. The molecule has 0 heterocycles. The van der Waals surface area contributed by atoms with Crippen molar-refractivity contribution < 1.29 is 19.1 Å². The first-order chi connectivity index (χ1) is 12.5. The summed E-state index contributed by atoms with van der Waals surface area (Å²) in [6, 6.07) is 14.0. The topological polar surface area (TPSA) is 84.5 Å². The summed E-state index contributed by atoms with van der Waals surface area (Å²) < 4.78 is 4.63. The highest BCUT2D eigenvalue weighted by molar-refractivity contribution is 6.03. The van der Waals surface area contributed by atoms with E-state index in [1.54, 1.807) is 24.3 Å². The number of nitrogens with one attached hydrogen (secondary N) is 2. The second kappa shape index (κ2) is 7.39. The van der Waals surface area contributed by atoms with Gasteiger partial charge in [-0.25, -0.2) is 4.79 Å². The average Bonchev–Trinajstić information content (AvgIpc) is 3.44. The van der Waals surface area contributed by atoms with Crippen molar-refractivity contribution in [2.75, 3.05) is 17.7 Å². The SMILES string of the molecule is COC(=O)c1ccc(NC(=O)C2CC2C(=O)Nc2ccccc2C)cc1. The highest BCUT2D eigenvalue weighted by atomic mass is 16.5. The van der Waals surface area contributed by atoms with Crippen LogP contribution < -0.4 is 10.6 Å². The number of carbonyl (C=O) groups is 3. The molecule has 1 aliphatic rings. The lowest BCUT2D eigenvalue weighted by molar-refractivity contribution is -0.122. The Kier molecular flexibility index (Phi) is 5.02. The molecule has 0 saturated heterocycles. The Bertz CT molecular complexity index is 845. The molecule has 2 aromatic carbocycles. The smallest absolute Gasteiger partial charge is 0.337 e. The molecule has 2 atom stereocenters. The molecule has 2 amide bonds. The van der Waals surface area contributed by atoms with Crippen molar-refractivity contribution in [2.45, 2.75) is 13.3 Å². The molecule has 6 nitrogen and oxygen atoms in total. The molecule has 3 rings (SSSR count). The minimum atomic E-state index is -0.432. The molecule has 2 aromatic rings. The number of esters is 1. The van der Waals surface area contributed by atoms with Crippen LogP contribution in [0.2, 0.25) is 0 Å². The third-order valence-corrected chi connectivity index (χ3v) is 4.44. The van der Waals surface area contributed by atoms with Crippen LogP contribution in [0, 0.1) is 18.8 Å². The lowest BCUT2D eigenvalue weighted by Gasteiger charge is -2.08. The molecule has 134 valence electrons. The van der Waals surface area contributed by atoms with Gasteiger partial charge in [0.05, 0.1) is 24.5 Å². The predicted octanol–water partition coefficient (Wildman–Crippen LogP) is 2.99. The van der Waals surface area contributed by atoms with Gasteiger partial charge in [0.1, 0.15) is 0 Å². The third kappa shape index (κ3) is 3.91. The summed E-state index contributed by atoms with van der Waals surface area (Å²) >= 11 is 0. The van der Waals surface area contributed by atoms with Crippen LogP contribution in [0.15, 0.2) is 48.5 Å². The van der Waals surface area contributed by atoms with Gasteiger partial charge >= 0.3 is 5.97 Å². The molecule has 1 saturated carbocycles. The van der Waals surface area contributed by atoms with Gasteiger partial charge in [-0.15, -0.1) is 0 Å². The van der Waals surface area contributed by atoms with Crippen molar-refractivity contribution in [1.82, 2.24) is 0 Å². The van der Waals surface area contributed by atoms with Gasteiger partial charge in [0, 0.05) is 11.4 Å². The summed E-state index contributed by atoms with van der Waals surface area (Å²) in [5.41, 5.74) is 2.73. The summed E-state index contributed by atoms with van der Waals surface area (Å²) in [7, 11) is 1.31. The number of rotatable bonds is 5. The zero-order chi connectivity index (χ0) is 18.7. The quantitative estimate of drug-likeness (QED) is 0.810. The van der Waals surface area contributed by atoms with E-state index in [2.05, 4.69) is 15.4 Å². The molecule has 6 heteroatoms. The minimum absolute atomic E-state index is 0.138. The second-order valence-electron chi connectivity index (χ2n) is 6.31. The summed E-state index contributed by atoms with van der Waals surface area (Å²) in [5.74, 6) is -1.41. The third-order valence-electron chi connectivity index (χ3n) is 4.44. The normalized spacial score (nSPS) is 17.9. The number of methoxy groups -OCH3 is 1. The molecule has 0 aliphatic heterocycles. The van der Waals surface area contributed by atoms with Crippen LogP contribution >= 0.6 is 0 Å². The number of benzene rings is 2. The standard InChI is InChI=1S/C20H20N2O4/c1-12-5-3-4-6-17(12)22-19(24)16-11-15(16)18(23)21-14-9-7-13(8-10-14)20(25)26-2/h3-10,15-16H,11H2,1-2H3,(H,21,23)(H,22,24). The Hall–Kier alpha value is -3.15. The Morgan fingerprint density at radius 2 is 1.54 bits per heavy atom. The van der Waals surface area contributed by atoms with Gasteiger partial charge in [-0.05, 0) is 49.2 Å². The van der Waals surface area contributed by atoms with Crippen LogP contribution in [0.4, 0.5) is 11.4 Å². The molecule has 0 radical (unpaired) electrons. The Morgan fingerprint density at radius 3 is 2.15 bits per heavy atom. The van der Waals surface area contributed by atoms with Crippen LogP contribution in [-0.2, 0) is 14.3 Å². The molecular weight excluding hydrogens is 332 g/mol. The maximum atomic E-state index is 12.3. The van der Waals surface area contributed by atoms with E-state index in [0.717, 1.165) is 11.3 Å². The summed E-state index contributed by atoms with van der Waals surface area (Å²) in [4.78, 5) is 36.0. The number of hydrogen-bond donors (Lipinski definition) is 2. The number of ether oxygens (including phenoxy) is 1. The van der Waals surface area contributed by atoms with E-state index < -0.39 is 5.97 Å². The van der Waals surface area contributed by atoms with Crippen LogP contribution in [-0.4, -0.2) is 24.9 Å². The van der Waals surface area contributed by atoms with E-state index in [0.29, 0.717) is 17.7 Å². The molecule has 1 aliphatic carbocycles. The maximum absolute atomic E-state index is 12.3. The van der Waals surface area contributed by atoms with E-state index in [4.69, 9.17) is 0 Å². The fourth-order valence-electron chi connectivity index (χ4n) is 2.76. The van der Waals surface area contributed by atoms with Gasteiger partial charge in [0.2, 0.25) is 11.8 Å².